The van der Waals surface area contributed by atoms with Crippen molar-refractivity contribution < 1.29 is 24.3 Å². The van der Waals surface area contributed by atoms with E-state index in [-0.39, 0.29) is 12.1 Å². The highest BCUT2D eigenvalue weighted by Gasteiger charge is 2.34. The van der Waals surface area contributed by atoms with Crippen LogP contribution in [-0.2, 0) is 16.1 Å². The van der Waals surface area contributed by atoms with Gasteiger partial charge >= 0.3 is 5.97 Å². The average Bonchev–Trinajstić information content (AvgIpc) is 2.95. The number of alkyl halides is 1. The minimum absolute atomic E-state index is 0.0854. The topological polar surface area (TPSA) is 98.9 Å². The number of aliphatic carboxylic acids is 1. The first-order chi connectivity index (χ1) is 18.3. The molecule has 0 spiro atoms. The van der Waals surface area contributed by atoms with Crippen molar-refractivity contribution in [1.29, 1.82) is 0 Å². The molecular formula is C30H26ClNO6. The van der Waals surface area contributed by atoms with Gasteiger partial charge in [-0.2, -0.15) is 0 Å². The predicted octanol–water partition coefficient (Wildman–Crippen LogP) is 6.55. The monoisotopic (exact) mass is 531 g/mol. The van der Waals surface area contributed by atoms with Crippen LogP contribution in [0.5, 0.6) is 11.5 Å². The number of rotatable bonds is 10. The number of hydrogen-bond acceptors (Lipinski definition) is 5. The molecule has 4 rings (SSSR count). The third kappa shape index (κ3) is 5.48. The molecular weight excluding hydrogens is 506 g/mol. The van der Waals surface area contributed by atoms with E-state index in [1.807, 2.05) is 72.8 Å². The van der Waals surface area contributed by atoms with Crippen molar-refractivity contribution >= 4 is 23.3 Å². The second kappa shape index (κ2) is 11.4. The fourth-order valence-electron chi connectivity index (χ4n) is 4.42. The van der Waals surface area contributed by atoms with Gasteiger partial charge in [-0.25, -0.2) is 0 Å². The van der Waals surface area contributed by atoms with Crippen LogP contribution in [0.1, 0.15) is 33.7 Å². The summed E-state index contributed by atoms with van der Waals surface area (Å²) in [5.74, 6) is -0.440. The highest BCUT2D eigenvalue weighted by atomic mass is 35.5. The molecule has 194 valence electrons. The molecule has 1 atom stereocenters. The van der Waals surface area contributed by atoms with Crippen molar-refractivity contribution in [3.63, 3.8) is 0 Å². The molecule has 4 aromatic carbocycles. The summed E-state index contributed by atoms with van der Waals surface area (Å²) in [6.07, 6.45) is 0.216. The number of methoxy groups -OCH3 is 2. The lowest BCUT2D eigenvalue weighted by molar-refractivity contribution is -0.384. The molecule has 0 saturated heterocycles. The van der Waals surface area contributed by atoms with Gasteiger partial charge in [-0.3, -0.25) is 14.9 Å². The molecule has 38 heavy (non-hydrogen) atoms. The Hall–Kier alpha value is -4.36. The Morgan fingerprint density at radius 1 is 0.816 bits per heavy atom. The third-order valence-electron chi connectivity index (χ3n) is 6.57. The lowest BCUT2D eigenvalue weighted by Gasteiger charge is -2.30. The summed E-state index contributed by atoms with van der Waals surface area (Å²) < 4.78 is 10.6. The molecule has 1 N–H and O–H groups in total. The number of nitro benzene ring substituents is 1. The highest BCUT2D eigenvalue weighted by Crippen LogP contribution is 2.44. The number of hydrogen-bond donors (Lipinski definition) is 1. The first-order valence-corrected chi connectivity index (χ1v) is 12.2. The van der Waals surface area contributed by atoms with E-state index in [0.29, 0.717) is 17.1 Å². The van der Waals surface area contributed by atoms with E-state index in [4.69, 9.17) is 21.1 Å². The lowest BCUT2D eigenvalue weighted by atomic mass is 9.83. The number of carboxylic acid groups (broad SMARTS) is 1. The van der Waals surface area contributed by atoms with Crippen molar-refractivity contribution in [3.05, 3.63) is 135 Å². The fraction of sp³-hybridized carbons (Fsp3) is 0.167. The Morgan fingerprint density at radius 3 is 1.61 bits per heavy atom. The molecule has 4 aromatic rings. The van der Waals surface area contributed by atoms with Crippen LogP contribution in [0.3, 0.4) is 0 Å². The Bertz CT molecular complexity index is 1350. The van der Waals surface area contributed by atoms with Crippen molar-refractivity contribution in [2.24, 2.45) is 0 Å². The summed E-state index contributed by atoms with van der Waals surface area (Å²) >= 11 is 7.42. The van der Waals surface area contributed by atoms with E-state index < -0.39 is 21.7 Å². The molecule has 8 heteroatoms. The van der Waals surface area contributed by atoms with Gasteiger partial charge in [0.1, 0.15) is 16.4 Å². The summed E-state index contributed by atoms with van der Waals surface area (Å²) in [6.45, 7) is 0. The molecule has 0 saturated carbocycles. The second-order valence-corrected chi connectivity index (χ2v) is 9.32. The molecule has 0 aliphatic carbocycles. The zero-order chi connectivity index (χ0) is 27.3. The molecule has 0 aliphatic heterocycles. The van der Waals surface area contributed by atoms with Gasteiger partial charge in [0.05, 0.1) is 25.1 Å². The van der Waals surface area contributed by atoms with Crippen molar-refractivity contribution in [3.8, 4) is 11.5 Å². The summed E-state index contributed by atoms with van der Waals surface area (Å²) in [4.78, 5) is 21.5. The number of ether oxygens (including phenoxy) is 2. The van der Waals surface area contributed by atoms with E-state index in [9.17, 15) is 20.0 Å². The smallest absolute Gasteiger partial charge is 0.311 e. The average molecular weight is 532 g/mol. The van der Waals surface area contributed by atoms with Crippen LogP contribution >= 0.6 is 11.6 Å². The van der Waals surface area contributed by atoms with Crippen LogP contribution in [0.4, 0.5) is 5.69 Å². The summed E-state index contributed by atoms with van der Waals surface area (Å²) in [5.41, 5.74) is 3.69. The number of carbonyl (C=O) groups is 1. The second-order valence-electron chi connectivity index (χ2n) is 8.76. The number of carboxylic acids is 1. The third-order valence-corrected chi connectivity index (χ3v) is 7.23. The molecule has 0 fully saturated rings. The van der Waals surface area contributed by atoms with Crippen molar-refractivity contribution in [2.75, 3.05) is 14.2 Å². The molecule has 0 heterocycles. The molecule has 1 unspecified atom stereocenters. The SMILES string of the molecule is COc1ccc(C(Cl)(c2ccc(CC(C(=O)O)c3ccc([N+](=O)[O-])cc3)cc2)c2ccc(OC)cc2)cc1. The van der Waals surface area contributed by atoms with Gasteiger partial charge in [-0.05, 0) is 58.5 Å². The first kappa shape index (κ1) is 26.7. The zero-order valence-corrected chi connectivity index (χ0v) is 21.6. The van der Waals surface area contributed by atoms with Crippen LogP contribution < -0.4 is 9.47 Å². The maximum absolute atomic E-state index is 12.0. The minimum Gasteiger partial charge on any atom is -0.497 e. The van der Waals surface area contributed by atoms with E-state index in [0.717, 1.165) is 22.3 Å². The van der Waals surface area contributed by atoms with Crippen LogP contribution in [0.25, 0.3) is 0 Å². The van der Waals surface area contributed by atoms with Gasteiger partial charge in [-0.1, -0.05) is 60.7 Å². The maximum Gasteiger partial charge on any atom is 0.311 e. The van der Waals surface area contributed by atoms with E-state index in [1.165, 1.54) is 24.3 Å². The van der Waals surface area contributed by atoms with Crippen LogP contribution in [0.2, 0.25) is 0 Å². The minimum atomic E-state index is -1.03. The van der Waals surface area contributed by atoms with E-state index in [2.05, 4.69) is 0 Å². The largest absolute Gasteiger partial charge is 0.497 e. The summed E-state index contributed by atoms with van der Waals surface area (Å²) in [6, 6.07) is 28.2. The molecule has 0 aromatic heterocycles. The highest BCUT2D eigenvalue weighted by molar-refractivity contribution is 6.28. The van der Waals surface area contributed by atoms with Crippen LogP contribution in [0.15, 0.2) is 97.1 Å². The Morgan fingerprint density at radius 2 is 1.24 bits per heavy atom. The quantitative estimate of drug-likeness (QED) is 0.108. The summed E-state index contributed by atoms with van der Waals surface area (Å²) in [7, 11) is 3.21. The standard InChI is InChI=1S/C30H26ClNO6/c1-37-26-15-9-23(10-16-26)30(31,24-11-17-27(38-2)18-12-24)22-7-3-20(4-8-22)19-28(29(33)34)21-5-13-25(14-6-21)32(35)36/h3-18,28H,19H2,1-2H3,(H,33,34). The number of benzene rings is 4. The predicted molar refractivity (Wildman–Crippen MR) is 145 cm³/mol. The van der Waals surface area contributed by atoms with Crippen LogP contribution in [0, 0.1) is 10.1 Å². The van der Waals surface area contributed by atoms with Gasteiger partial charge in [0.15, 0.2) is 0 Å². The zero-order valence-electron chi connectivity index (χ0n) is 20.8. The maximum atomic E-state index is 12.0. The molecule has 0 bridgehead atoms. The molecule has 0 amide bonds. The molecule has 0 radical (unpaired) electrons. The van der Waals surface area contributed by atoms with E-state index in [1.54, 1.807) is 14.2 Å². The molecule has 0 aliphatic rings. The first-order valence-electron chi connectivity index (χ1n) is 11.8. The van der Waals surface area contributed by atoms with Crippen molar-refractivity contribution in [1.82, 2.24) is 0 Å². The van der Waals surface area contributed by atoms with Crippen LogP contribution in [-0.4, -0.2) is 30.2 Å². The Labute approximate surface area is 225 Å². The van der Waals surface area contributed by atoms with Gasteiger partial charge < -0.3 is 14.6 Å². The lowest BCUT2D eigenvalue weighted by Crippen LogP contribution is -2.22. The van der Waals surface area contributed by atoms with Gasteiger partial charge in [0.2, 0.25) is 0 Å². The number of halogens is 1. The van der Waals surface area contributed by atoms with Gasteiger partial charge in [-0.15, -0.1) is 11.6 Å². The number of non-ortho nitro benzene ring substituents is 1. The van der Waals surface area contributed by atoms with Gasteiger partial charge in [0.25, 0.3) is 5.69 Å². The number of nitrogens with zero attached hydrogens (tertiary/aromatic N) is 1. The van der Waals surface area contributed by atoms with E-state index >= 15 is 0 Å². The molecule has 7 nitrogen and oxygen atoms in total. The fourth-order valence-corrected chi connectivity index (χ4v) is 4.80. The van der Waals surface area contributed by atoms with Gasteiger partial charge in [0, 0.05) is 12.1 Å². The normalized spacial score (nSPS) is 12.0. The summed E-state index contributed by atoms with van der Waals surface area (Å²) in [5, 5.41) is 20.8. The Balaban J connectivity index is 1.68. The van der Waals surface area contributed by atoms with Crippen molar-refractivity contribution in [2.45, 2.75) is 17.2 Å². The number of nitro groups is 1. The Kier molecular flexibility index (Phi) is 7.98.